The molecule has 11 heteroatoms. The third kappa shape index (κ3) is 5.70. The Labute approximate surface area is 190 Å². The van der Waals surface area contributed by atoms with Crippen LogP contribution in [-0.2, 0) is 9.53 Å². The van der Waals surface area contributed by atoms with Crippen molar-refractivity contribution >= 4 is 11.9 Å². The normalized spacial score (nSPS) is 22.0. The average Bonchev–Trinajstić information content (AvgIpc) is 3.07. The lowest BCUT2D eigenvalue weighted by atomic mass is 9.71. The summed E-state index contributed by atoms with van der Waals surface area (Å²) in [6.45, 7) is 5.58. The Bertz CT molecular complexity index is 855. The number of carbonyl (C=O) groups excluding carboxylic acids is 1. The van der Waals surface area contributed by atoms with Crippen LogP contribution in [0.2, 0.25) is 0 Å². The zero-order chi connectivity index (χ0) is 24.2. The number of amides is 1. The van der Waals surface area contributed by atoms with Gasteiger partial charge in [-0.1, -0.05) is 6.07 Å². The van der Waals surface area contributed by atoms with E-state index in [1.165, 1.54) is 0 Å². The number of nitrogens with zero attached hydrogens (tertiary/aromatic N) is 2. The number of methoxy groups -OCH3 is 1. The zero-order valence-electron chi connectivity index (χ0n) is 18.7. The number of carboxylic acids is 1. The van der Waals surface area contributed by atoms with Gasteiger partial charge in [-0.25, -0.2) is 4.79 Å². The second-order valence-electron chi connectivity index (χ2n) is 8.64. The lowest BCUT2D eigenvalue weighted by Crippen LogP contribution is -2.47. The first kappa shape index (κ1) is 25.1. The number of halogens is 3. The third-order valence-electron chi connectivity index (χ3n) is 6.44. The molecule has 0 bridgehead atoms. The van der Waals surface area contributed by atoms with Crippen LogP contribution in [0.1, 0.15) is 23.2 Å². The first-order valence-electron chi connectivity index (χ1n) is 10.7. The minimum Gasteiger partial charge on any atom is -0.486 e. The molecule has 3 heterocycles. The van der Waals surface area contributed by atoms with Crippen molar-refractivity contribution in [3.05, 3.63) is 23.8 Å². The van der Waals surface area contributed by atoms with Gasteiger partial charge < -0.3 is 29.1 Å². The summed E-state index contributed by atoms with van der Waals surface area (Å²) in [5.74, 6) is -0.879. The van der Waals surface area contributed by atoms with Gasteiger partial charge in [0.1, 0.15) is 13.2 Å². The number of carboxylic acid groups (broad SMARTS) is 1. The van der Waals surface area contributed by atoms with Gasteiger partial charge >= 0.3 is 12.1 Å². The number of fused-ring (bicyclic) bond motifs is 1. The summed E-state index contributed by atoms with van der Waals surface area (Å²) in [6.07, 6.45) is -3.02. The molecule has 0 radical (unpaired) electrons. The standard InChI is InChI=1S/C20H28N2O4.C2HF3O2/c1-21-12-15(13-24-2)20(14-21)6-8-22(9-7-20)19(23)16-4-3-5-17-18(16)26-11-10-25-17;3-2(4,5)1(6)7/h3-5,15H,6-14H2,1-2H3;(H,6,7). The molecule has 1 amide bonds. The minimum atomic E-state index is -5.08. The lowest BCUT2D eigenvalue weighted by Gasteiger charge is -2.42. The number of benzene rings is 1. The van der Waals surface area contributed by atoms with Gasteiger partial charge in [0, 0.05) is 39.2 Å². The fourth-order valence-electron chi connectivity index (χ4n) is 4.87. The summed E-state index contributed by atoms with van der Waals surface area (Å²) >= 11 is 0. The highest BCUT2D eigenvalue weighted by Gasteiger charge is 2.47. The molecule has 0 saturated carbocycles. The molecule has 4 rings (SSSR count). The van der Waals surface area contributed by atoms with Gasteiger partial charge in [-0.15, -0.1) is 0 Å². The topological polar surface area (TPSA) is 88.5 Å². The SMILES string of the molecule is COCC1CN(C)CC12CCN(C(=O)c1cccc3c1OCCO3)CC2.O=C(O)C(F)(F)F. The van der Waals surface area contributed by atoms with Crippen molar-refractivity contribution < 1.29 is 42.1 Å². The fourth-order valence-corrected chi connectivity index (χ4v) is 4.87. The Morgan fingerprint density at radius 3 is 2.45 bits per heavy atom. The number of likely N-dealkylation sites (tertiary alicyclic amines) is 2. The summed E-state index contributed by atoms with van der Waals surface area (Å²) in [6, 6.07) is 5.57. The number of carbonyl (C=O) groups is 2. The van der Waals surface area contributed by atoms with E-state index in [1.807, 2.05) is 23.1 Å². The van der Waals surface area contributed by atoms with E-state index in [0.717, 1.165) is 45.6 Å². The van der Waals surface area contributed by atoms with Crippen molar-refractivity contribution in [1.82, 2.24) is 9.80 Å². The van der Waals surface area contributed by atoms with Gasteiger partial charge in [0.15, 0.2) is 11.5 Å². The van der Waals surface area contributed by atoms with Crippen LogP contribution in [0.4, 0.5) is 13.2 Å². The first-order valence-corrected chi connectivity index (χ1v) is 10.7. The Morgan fingerprint density at radius 2 is 1.85 bits per heavy atom. The van der Waals surface area contributed by atoms with Gasteiger partial charge in [-0.3, -0.25) is 4.79 Å². The summed E-state index contributed by atoms with van der Waals surface area (Å²) in [5.41, 5.74) is 0.896. The van der Waals surface area contributed by atoms with Crippen LogP contribution in [0.3, 0.4) is 0 Å². The van der Waals surface area contributed by atoms with Crippen molar-refractivity contribution in [1.29, 1.82) is 0 Å². The maximum Gasteiger partial charge on any atom is 0.490 e. The summed E-state index contributed by atoms with van der Waals surface area (Å²) in [5, 5.41) is 7.12. The van der Waals surface area contributed by atoms with Gasteiger partial charge in [0.05, 0.1) is 12.2 Å². The molecule has 1 atom stereocenters. The number of rotatable bonds is 3. The van der Waals surface area contributed by atoms with Crippen LogP contribution in [0.5, 0.6) is 11.5 Å². The molecule has 2 fully saturated rings. The zero-order valence-corrected chi connectivity index (χ0v) is 18.7. The number of para-hydroxylation sites is 1. The van der Waals surface area contributed by atoms with E-state index >= 15 is 0 Å². The molecule has 33 heavy (non-hydrogen) atoms. The van der Waals surface area contributed by atoms with Crippen LogP contribution in [0, 0.1) is 11.3 Å². The fraction of sp³-hybridized carbons (Fsp3) is 0.636. The van der Waals surface area contributed by atoms with Crippen LogP contribution in [0.25, 0.3) is 0 Å². The van der Waals surface area contributed by atoms with E-state index in [-0.39, 0.29) is 11.3 Å². The highest BCUT2D eigenvalue weighted by molar-refractivity contribution is 5.98. The van der Waals surface area contributed by atoms with Crippen molar-refractivity contribution in [3.8, 4) is 11.5 Å². The largest absolute Gasteiger partial charge is 0.490 e. The highest BCUT2D eigenvalue weighted by Crippen LogP contribution is 2.45. The number of alkyl halides is 3. The number of ether oxygens (including phenoxy) is 3. The quantitative estimate of drug-likeness (QED) is 0.720. The molecule has 1 aromatic carbocycles. The maximum atomic E-state index is 13.1. The van der Waals surface area contributed by atoms with Crippen LogP contribution in [-0.4, -0.2) is 93.1 Å². The van der Waals surface area contributed by atoms with Crippen molar-refractivity contribution in [2.24, 2.45) is 11.3 Å². The molecule has 1 aromatic rings. The summed E-state index contributed by atoms with van der Waals surface area (Å²) in [7, 11) is 3.97. The number of aliphatic carboxylic acids is 1. The summed E-state index contributed by atoms with van der Waals surface area (Å²) < 4.78 is 48.5. The molecule has 2 saturated heterocycles. The van der Waals surface area contributed by atoms with Crippen molar-refractivity contribution in [2.75, 3.05) is 60.2 Å². The maximum absolute atomic E-state index is 13.1. The molecular weight excluding hydrogens is 445 g/mol. The van der Waals surface area contributed by atoms with E-state index in [2.05, 4.69) is 11.9 Å². The Kier molecular flexibility index (Phi) is 7.73. The second-order valence-corrected chi connectivity index (χ2v) is 8.64. The Balaban J connectivity index is 0.000000383. The van der Waals surface area contributed by atoms with E-state index in [1.54, 1.807) is 7.11 Å². The predicted molar refractivity (Wildman–Crippen MR) is 112 cm³/mol. The smallest absolute Gasteiger partial charge is 0.486 e. The molecule has 8 nitrogen and oxygen atoms in total. The van der Waals surface area contributed by atoms with Crippen LogP contribution in [0.15, 0.2) is 18.2 Å². The molecule has 184 valence electrons. The van der Waals surface area contributed by atoms with Gasteiger partial charge in [-0.05, 0) is 37.4 Å². The van der Waals surface area contributed by atoms with E-state index < -0.39 is 12.1 Å². The van der Waals surface area contributed by atoms with Crippen LogP contribution < -0.4 is 9.47 Å². The molecular formula is C22H29F3N2O6. The molecule has 3 aliphatic rings. The molecule has 1 N–H and O–H groups in total. The van der Waals surface area contributed by atoms with Gasteiger partial charge in [0.25, 0.3) is 5.91 Å². The highest BCUT2D eigenvalue weighted by atomic mass is 19.4. The van der Waals surface area contributed by atoms with E-state index in [9.17, 15) is 18.0 Å². The molecule has 1 unspecified atom stereocenters. The van der Waals surface area contributed by atoms with Gasteiger partial charge in [0.2, 0.25) is 0 Å². The number of hydrogen-bond acceptors (Lipinski definition) is 6. The summed E-state index contributed by atoms with van der Waals surface area (Å²) in [4.78, 5) is 26.4. The monoisotopic (exact) mass is 474 g/mol. The molecule has 3 aliphatic heterocycles. The molecule has 1 spiro atoms. The van der Waals surface area contributed by atoms with Crippen molar-refractivity contribution in [3.63, 3.8) is 0 Å². The Morgan fingerprint density at radius 1 is 1.21 bits per heavy atom. The van der Waals surface area contributed by atoms with Crippen molar-refractivity contribution in [2.45, 2.75) is 19.0 Å². The van der Waals surface area contributed by atoms with E-state index in [4.69, 9.17) is 24.1 Å². The average molecular weight is 474 g/mol. The number of hydrogen-bond donors (Lipinski definition) is 1. The van der Waals surface area contributed by atoms with Gasteiger partial charge in [-0.2, -0.15) is 13.2 Å². The van der Waals surface area contributed by atoms with E-state index in [0.29, 0.717) is 36.2 Å². The second kappa shape index (κ2) is 10.2. The lowest BCUT2D eigenvalue weighted by molar-refractivity contribution is -0.192. The Hall–Kier alpha value is -2.53. The molecule has 0 aliphatic carbocycles. The molecule has 0 aromatic heterocycles. The predicted octanol–water partition coefficient (Wildman–Crippen LogP) is 2.52. The van der Waals surface area contributed by atoms with Crippen LogP contribution >= 0.6 is 0 Å². The number of piperidine rings is 1. The first-order chi connectivity index (χ1) is 15.6. The third-order valence-corrected chi connectivity index (χ3v) is 6.44. The minimum absolute atomic E-state index is 0.0526.